The van der Waals surface area contributed by atoms with Gasteiger partial charge < -0.3 is 9.47 Å². The van der Waals surface area contributed by atoms with Gasteiger partial charge in [-0.2, -0.15) is 5.26 Å². The van der Waals surface area contributed by atoms with Crippen molar-refractivity contribution >= 4 is 0 Å². The van der Waals surface area contributed by atoms with Crippen molar-refractivity contribution in [2.24, 2.45) is 5.92 Å². The van der Waals surface area contributed by atoms with E-state index in [9.17, 15) is 5.26 Å². The number of hydrogen-bond acceptors (Lipinski definition) is 3. The summed E-state index contributed by atoms with van der Waals surface area (Å²) >= 11 is 0. The Morgan fingerprint density at radius 2 is 2.00 bits per heavy atom. The van der Waals surface area contributed by atoms with Crippen LogP contribution in [-0.4, -0.2) is 13.2 Å². The van der Waals surface area contributed by atoms with Crippen molar-refractivity contribution in [3.63, 3.8) is 0 Å². The molecule has 0 bridgehead atoms. The highest BCUT2D eigenvalue weighted by Gasteiger charge is 2.53. The van der Waals surface area contributed by atoms with Crippen LogP contribution in [-0.2, 0) is 5.41 Å². The Morgan fingerprint density at radius 3 is 2.62 bits per heavy atom. The Bertz CT molecular complexity index is 477. The number of ether oxygens (including phenoxy) is 2. The SMILES string of the molecule is CC1CC1(C#N)c1ccc2c(c1)OCCO2. The van der Waals surface area contributed by atoms with Crippen LogP contribution in [0.2, 0.25) is 0 Å². The predicted molar refractivity (Wildman–Crippen MR) is 58.5 cm³/mol. The Morgan fingerprint density at radius 1 is 1.31 bits per heavy atom. The molecule has 2 unspecified atom stereocenters. The molecule has 0 radical (unpaired) electrons. The summed E-state index contributed by atoms with van der Waals surface area (Å²) in [5, 5.41) is 9.26. The maximum Gasteiger partial charge on any atom is 0.161 e. The molecule has 1 aromatic carbocycles. The van der Waals surface area contributed by atoms with E-state index in [1.165, 1.54) is 0 Å². The van der Waals surface area contributed by atoms with Crippen LogP contribution in [0, 0.1) is 17.2 Å². The number of benzene rings is 1. The molecule has 16 heavy (non-hydrogen) atoms. The van der Waals surface area contributed by atoms with Gasteiger partial charge in [0.25, 0.3) is 0 Å². The highest BCUT2D eigenvalue weighted by atomic mass is 16.6. The van der Waals surface area contributed by atoms with Gasteiger partial charge in [0.05, 0.1) is 11.5 Å². The number of hydrogen-bond donors (Lipinski definition) is 0. The summed E-state index contributed by atoms with van der Waals surface area (Å²) in [6.45, 7) is 3.30. The molecular weight excluding hydrogens is 202 g/mol. The molecule has 1 aliphatic carbocycles. The van der Waals surface area contributed by atoms with Crippen molar-refractivity contribution < 1.29 is 9.47 Å². The zero-order chi connectivity index (χ0) is 11.2. The van der Waals surface area contributed by atoms with E-state index in [0.29, 0.717) is 19.1 Å². The molecule has 1 heterocycles. The summed E-state index contributed by atoms with van der Waals surface area (Å²) in [6.07, 6.45) is 0.948. The van der Waals surface area contributed by atoms with Gasteiger partial charge in [0.2, 0.25) is 0 Å². The average molecular weight is 215 g/mol. The van der Waals surface area contributed by atoms with Crippen LogP contribution in [0.4, 0.5) is 0 Å². The third-order valence-electron chi connectivity index (χ3n) is 3.57. The lowest BCUT2D eigenvalue weighted by Crippen LogP contribution is -2.16. The van der Waals surface area contributed by atoms with Crippen LogP contribution in [0.5, 0.6) is 11.5 Å². The third kappa shape index (κ3) is 1.19. The first kappa shape index (κ1) is 9.53. The van der Waals surface area contributed by atoms with Gasteiger partial charge in [0.1, 0.15) is 13.2 Å². The molecule has 3 nitrogen and oxygen atoms in total. The number of nitrogens with zero attached hydrogens (tertiary/aromatic N) is 1. The zero-order valence-corrected chi connectivity index (χ0v) is 9.19. The molecule has 2 aliphatic rings. The van der Waals surface area contributed by atoms with Gasteiger partial charge in [-0.3, -0.25) is 0 Å². The highest BCUT2D eigenvalue weighted by Crippen LogP contribution is 2.54. The van der Waals surface area contributed by atoms with Crippen molar-refractivity contribution in [3.8, 4) is 17.6 Å². The van der Waals surface area contributed by atoms with Crippen molar-refractivity contribution in [1.29, 1.82) is 5.26 Å². The average Bonchev–Trinajstić information content (AvgIpc) is 3.01. The lowest BCUT2D eigenvalue weighted by atomic mass is 9.95. The van der Waals surface area contributed by atoms with Crippen LogP contribution >= 0.6 is 0 Å². The highest BCUT2D eigenvalue weighted by molar-refractivity contribution is 5.50. The lowest BCUT2D eigenvalue weighted by Gasteiger charge is -2.20. The first-order chi connectivity index (χ1) is 7.76. The van der Waals surface area contributed by atoms with Gasteiger partial charge in [0, 0.05) is 0 Å². The molecule has 1 aromatic rings. The van der Waals surface area contributed by atoms with E-state index < -0.39 is 0 Å². The maximum atomic E-state index is 9.26. The van der Waals surface area contributed by atoms with Crippen LogP contribution in [0.25, 0.3) is 0 Å². The van der Waals surface area contributed by atoms with Crippen LogP contribution in [0.3, 0.4) is 0 Å². The molecule has 1 aliphatic heterocycles. The minimum absolute atomic E-state index is 0.282. The summed E-state index contributed by atoms with van der Waals surface area (Å²) in [5.41, 5.74) is 0.780. The topological polar surface area (TPSA) is 42.2 Å². The molecule has 3 rings (SSSR count). The van der Waals surface area contributed by atoms with Crippen molar-refractivity contribution in [3.05, 3.63) is 23.8 Å². The fraction of sp³-hybridized carbons (Fsp3) is 0.462. The summed E-state index contributed by atoms with van der Waals surface area (Å²) in [5.74, 6) is 2.01. The monoisotopic (exact) mass is 215 g/mol. The van der Waals surface area contributed by atoms with Crippen molar-refractivity contribution in [2.75, 3.05) is 13.2 Å². The fourth-order valence-electron chi connectivity index (χ4n) is 2.37. The normalized spacial score (nSPS) is 30.6. The van der Waals surface area contributed by atoms with Gasteiger partial charge in [-0.25, -0.2) is 0 Å². The van der Waals surface area contributed by atoms with Gasteiger partial charge in [-0.1, -0.05) is 13.0 Å². The molecule has 0 spiro atoms. The molecule has 0 N–H and O–H groups in total. The summed E-state index contributed by atoms with van der Waals surface area (Å²) in [7, 11) is 0. The molecule has 1 fully saturated rings. The Kier molecular flexibility index (Phi) is 1.88. The molecule has 2 atom stereocenters. The second kappa shape index (κ2) is 3.15. The Hall–Kier alpha value is -1.69. The van der Waals surface area contributed by atoms with E-state index in [1.54, 1.807) is 0 Å². The van der Waals surface area contributed by atoms with Crippen LogP contribution in [0.15, 0.2) is 18.2 Å². The largest absolute Gasteiger partial charge is 0.486 e. The molecule has 82 valence electrons. The van der Waals surface area contributed by atoms with E-state index >= 15 is 0 Å². The maximum absolute atomic E-state index is 9.26. The van der Waals surface area contributed by atoms with Gasteiger partial charge >= 0.3 is 0 Å². The Labute approximate surface area is 94.6 Å². The third-order valence-corrected chi connectivity index (χ3v) is 3.57. The van der Waals surface area contributed by atoms with Gasteiger partial charge in [0.15, 0.2) is 11.5 Å². The quantitative estimate of drug-likeness (QED) is 0.721. The second-order valence-corrected chi connectivity index (χ2v) is 4.55. The van der Waals surface area contributed by atoms with Gasteiger partial charge in [-0.05, 0) is 30.0 Å². The van der Waals surface area contributed by atoms with Crippen molar-refractivity contribution in [2.45, 2.75) is 18.8 Å². The molecule has 3 heteroatoms. The molecule has 0 saturated heterocycles. The summed E-state index contributed by atoms with van der Waals surface area (Å²) < 4.78 is 11.0. The second-order valence-electron chi connectivity index (χ2n) is 4.55. The smallest absolute Gasteiger partial charge is 0.161 e. The van der Waals surface area contributed by atoms with E-state index in [0.717, 1.165) is 23.5 Å². The lowest BCUT2D eigenvalue weighted by molar-refractivity contribution is 0.171. The van der Waals surface area contributed by atoms with Crippen LogP contribution < -0.4 is 9.47 Å². The predicted octanol–water partition coefficient (Wildman–Crippen LogP) is 2.26. The Balaban J connectivity index is 2.01. The number of rotatable bonds is 1. The van der Waals surface area contributed by atoms with E-state index in [4.69, 9.17) is 9.47 Å². The summed E-state index contributed by atoms with van der Waals surface area (Å²) in [4.78, 5) is 0. The zero-order valence-electron chi connectivity index (χ0n) is 9.19. The van der Waals surface area contributed by atoms with Crippen molar-refractivity contribution in [1.82, 2.24) is 0 Å². The van der Waals surface area contributed by atoms with Gasteiger partial charge in [-0.15, -0.1) is 0 Å². The molecule has 1 saturated carbocycles. The van der Waals surface area contributed by atoms with E-state index in [2.05, 4.69) is 13.0 Å². The fourth-order valence-corrected chi connectivity index (χ4v) is 2.37. The summed E-state index contributed by atoms with van der Waals surface area (Å²) in [6, 6.07) is 8.29. The number of fused-ring (bicyclic) bond motifs is 1. The minimum Gasteiger partial charge on any atom is -0.486 e. The molecule has 0 amide bonds. The molecule has 0 aromatic heterocycles. The standard InChI is InChI=1S/C13H13NO2/c1-9-7-13(9,8-14)10-2-3-11-12(6-10)16-5-4-15-11/h2-3,6,9H,4-5,7H2,1H3. The van der Waals surface area contributed by atoms with E-state index in [-0.39, 0.29) is 5.41 Å². The first-order valence-electron chi connectivity index (χ1n) is 5.58. The van der Waals surface area contributed by atoms with Crippen LogP contribution in [0.1, 0.15) is 18.9 Å². The molecular formula is C13H13NO2. The number of nitriles is 1. The minimum atomic E-state index is -0.282. The van der Waals surface area contributed by atoms with E-state index in [1.807, 2.05) is 18.2 Å². The first-order valence-corrected chi connectivity index (χ1v) is 5.58.